The number of fused-ring (bicyclic) bond motifs is 1. The van der Waals surface area contributed by atoms with Crippen molar-refractivity contribution in [3.8, 4) is 11.4 Å². The number of hydrogen-bond acceptors (Lipinski definition) is 4. The predicted molar refractivity (Wildman–Crippen MR) is 112 cm³/mol. The minimum Gasteiger partial charge on any atom is -0.505 e. The molecule has 0 aliphatic rings. The highest BCUT2D eigenvalue weighted by molar-refractivity contribution is 5.81. The third-order valence-electron chi connectivity index (χ3n) is 4.88. The number of phenols is 1. The van der Waals surface area contributed by atoms with Crippen LogP contribution in [-0.4, -0.2) is 25.9 Å². The molecule has 1 aromatic heterocycles. The zero-order chi connectivity index (χ0) is 20.9. The van der Waals surface area contributed by atoms with Crippen molar-refractivity contribution in [3.63, 3.8) is 0 Å². The molecule has 5 nitrogen and oxygen atoms in total. The molecule has 0 unspecified atom stereocenters. The largest absolute Gasteiger partial charge is 0.505 e. The Morgan fingerprint density at radius 3 is 2.18 bits per heavy atom. The van der Waals surface area contributed by atoms with Crippen molar-refractivity contribution in [2.75, 3.05) is 0 Å². The standard InChI is InChI=1S/C23H29N3O2/c1-14(27)10-15-8-9-18-19(11-15)25-26(24-18)20-13-16(22(2,3)4)12-17(21(20)28)23(5,6)7/h8-9,11-13,28H,10H2,1-7H3. The molecule has 3 rings (SSSR count). The maximum atomic E-state index is 11.4. The van der Waals surface area contributed by atoms with Gasteiger partial charge in [-0.2, -0.15) is 0 Å². The van der Waals surface area contributed by atoms with Crippen LogP contribution in [0, 0.1) is 0 Å². The molecule has 0 atom stereocenters. The highest BCUT2D eigenvalue weighted by Gasteiger charge is 2.26. The van der Waals surface area contributed by atoms with Crippen LogP contribution in [0.15, 0.2) is 30.3 Å². The SMILES string of the molecule is CC(=O)Cc1ccc2nn(-c3cc(C(C)(C)C)cc(C(C)(C)C)c3O)nc2c1. The molecule has 0 aliphatic carbocycles. The molecule has 0 saturated heterocycles. The number of Topliss-reactive ketones (excluding diaryl/α,β-unsaturated/α-hetero) is 1. The van der Waals surface area contributed by atoms with Crippen LogP contribution in [0.5, 0.6) is 5.75 Å². The number of carbonyl (C=O) groups excluding carboxylic acids is 1. The van der Waals surface area contributed by atoms with E-state index in [1.807, 2.05) is 24.3 Å². The van der Waals surface area contributed by atoms with Crippen molar-refractivity contribution in [1.29, 1.82) is 0 Å². The fraction of sp³-hybridized carbons (Fsp3) is 0.435. The minimum atomic E-state index is -0.221. The van der Waals surface area contributed by atoms with Gasteiger partial charge in [0.15, 0.2) is 0 Å². The first-order chi connectivity index (χ1) is 12.9. The van der Waals surface area contributed by atoms with Gasteiger partial charge in [0.05, 0.1) is 0 Å². The van der Waals surface area contributed by atoms with E-state index in [9.17, 15) is 9.90 Å². The molecule has 28 heavy (non-hydrogen) atoms. The van der Waals surface area contributed by atoms with Gasteiger partial charge in [0.25, 0.3) is 0 Å². The lowest BCUT2D eigenvalue weighted by Gasteiger charge is -2.27. The van der Waals surface area contributed by atoms with Crippen molar-refractivity contribution in [3.05, 3.63) is 47.0 Å². The van der Waals surface area contributed by atoms with Crippen LogP contribution < -0.4 is 0 Å². The molecule has 5 heteroatoms. The molecule has 0 fully saturated rings. The lowest BCUT2D eigenvalue weighted by Crippen LogP contribution is -2.18. The molecule has 3 aromatic rings. The van der Waals surface area contributed by atoms with E-state index < -0.39 is 0 Å². The molecule has 0 amide bonds. The van der Waals surface area contributed by atoms with Gasteiger partial charge >= 0.3 is 0 Å². The summed E-state index contributed by atoms with van der Waals surface area (Å²) in [6.07, 6.45) is 0.377. The summed E-state index contributed by atoms with van der Waals surface area (Å²) in [5.41, 5.74) is 4.60. The highest BCUT2D eigenvalue weighted by atomic mass is 16.3. The van der Waals surface area contributed by atoms with Gasteiger partial charge in [-0.1, -0.05) is 53.7 Å². The number of hydrogen-bond donors (Lipinski definition) is 1. The average molecular weight is 380 g/mol. The van der Waals surface area contributed by atoms with E-state index in [0.29, 0.717) is 17.6 Å². The van der Waals surface area contributed by atoms with Gasteiger partial charge in [-0.15, -0.1) is 15.0 Å². The number of aromatic nitrogens is 3. The monoisotopic (exact) mass is 379 g/mol. The Morgan fingerprint density at radius 2 is 1.61 bits per heavy atom. The molecule has 0 aliphatic heterocycles. The van der Waals surface area contributed by atoms with Gasteiger partial charge in [-0.25, -0.2) is 0 Å². The number of phenolic OH excluding ortho intramolecular Hbond substituents is 1. The fourth-order valence-corrected chi connectivity index (χ4v) is 3.24. The van der Waals surface area contributed by atoms with Crippen LogP contribution in [0.1, 0.15) is 65.2 Å². The van der Waals surface area contributed by atoms with Gasteiger partial charge in [-0.3, -0.25) is 4.79 Å². The Kier molecular flexibility index (Phi) is 4.82. The summed E-state index contributed by atoms with van der Waals surface area (Å²) in [6.45, 7) is 14.3. The summed E-state index contributed by atoms with van der Waals surface area (Å²) in [4.78, 5) is 12.9. The number of benzene rings is 2. The Labute approximate surface area is 166 Å². The Balaban J connectivity index is 2.20. The van der Waals surface area contributed by atoms with Crippen LogP contribution in [0.3, 0.4) is 0 Å². The molecule has 1 N–H and O–H groups in total. The van der Waals surface area contributed by atoms with Crippen molar-refractivity contribution >= 4 is 16.8 Å². The van der Waals surface area contributed by atoms with E-state index >= 15 is 0 Å². The third kappa shape index (κ3) is 3.93. The van der Waals surface area contributed by atoms with E-state index in [0.717, 1.165) is 22.2 Å². The Bertz CT molecular complexity index is 1050. The highest BCUT2D eigenvalue weighted by Crippen LogP contribution is 2.39. The maximum absolute atomic E-state index is 11.4. The number of ketones is 1. The summed E-state index contributed by atoms with van der Waals surface area (Å²) in [5.74, 6) is 0.307. The van der Waals surface area contributed by atoms with Crippen LogP contribution in [0.4, 0.5) is 0 Å². The summed E-state index contributed by atoms with van der Waals surface area (Å²) in [6, 6.07) is 9.68. The number of nitrogens with zero attached hydrogens (tertiary/aromatic N) is 3. The van der Waals surface area contributed by atoms with Gasteiger partial charge in [0, 0.05) is 12.0 Å². The smallest absolute Gasteiger partial charge is 0.146 e. The van der Waals surface area contributed by atoms with E-state index in [1.54, 1.807) is 6.92 Å². The number of rotatable bonds is 3. The molecule has 2 aromatic carbocycles. The molecule has 1 heterocycles. The fourth-order valence-electron chi connectivity index (χ4n) is 3.24. The molecular formula is C23H29N3O2. The molecule has 0 bridgehead atoms. The quantitative estimate of drug-likeness (QED) is 0.706. The molecule has 0 saturated carbocycles. The molecular weight excluding hydrogens is 350 g/mol. The summed E-state index contributed by atoms with van der Waals surface area (Å²) in [5, 5.41) is 20.2. The topological polar surface area (TPSA) is 68.0 Å². The second-order valence-corrected chi connectivity index (χ2v) is 9.58. The minimum absolute atomic E-state index is 0.0797. The first-order valence-corrected chi connectivity index (χ1v) is 9.60. The molecule has 0 radical (unpaired) electrons. The number of carbonyl (C=O) groups is 1. The second-order valence-electron chi connectivity index (χ2n) is 9.58. The van der Waals surface area contributed by atoms with E-state index in [2.05, 4.69) is 57.8 Å². The zero-order valence-electron chi connectivity index (χ0n) is 17.8. The molecule has 148 valence electrons. The first kappa shape index (κ1) is 20.1. The van der Waals surface area contributed by atoms with Crippen molar-refractivity contribution < 1.29 is 9.90 Å². The van der Waals surface area contributed by atoms with Gasteiger partial charge in [-0.05, 0) is 47.1 Å². The second kappa shape index (κ2) is 6.73. The summed E-state index contributed by atoms with van der Waals surface area (Å²) >= 11 is 0. The lowest BCUT2D eigenvalue weighted by molar-refractivity contribution is -0.116. The van der Waals surface area contributed by atoms with Crippen LogP contribution in [-0.2, 0) is 22.0 Å². The van der Waals surface area contributed by atoms with Crippen LogP contribution >= 0.6 is 0 Å². The first-order valence-electron chi connectivity index (χ1n) is 9.60. The van der Waals surface area contributed by atoms with Gasteiger partial charge in [0.2, 0.25) is 0 Å². The van der Waals surface area contributed by atoms with Gasteiger partial charge in [0.1, 0.15) is 28.3 Å². The van der Waals surface area contributed by atoms with E-state index in [1.165, 1.54) is 4.80 Å². The average Bonchev–Trinajstić information content (AvgIpc) is 2.95. The maximum Gasteiger partial charge on any atom is 0.146 e. The van der Waals surface area contributed by atoms with Crippen LogP contribution in [0.2, 0.25) is 0 Å². The molecule has 0 spiro atoms. The van der Waals surface area contributed by atoms with Crippen molar-refractivity contribution in [1.82, 2.24) is 15.0 Å². The normalized spacial score (nSPS) is 12.5. The Morgan fingerprint density at radius 1 is 0.964 bits per heavy atom. The summed E-state index contributed by atoms with van der Waals surface area (Å²) < 4.78 is 0. The van der Waals surface area contributed by atoms with Gasteiger partial charge < -0.3 is 5.11 Å². The van der Waals surface area contributed by atoms with E-state index in [-0.39, 0.29) is 22.4 Å². The van der Waals surface area contributed by atoms with Crippen molar-refractivity contribution in [2.24, 2.45) is 0 Å². The van der Waals surface area contributed by atoms with Crippen molar-refractivity contribution in [2.45, 2.75) is 65.7 Å². The Hall–Kier alpha value is -2.69. The van der Waals surface area contributed by atoms with E-state index in [4.69, 9.17) is 0 Å². The number of aromatic hydroxyl groups is 1. The third-order valence-corrected chi connectivity index (χ3v) is 4.88. The lowest BCUT2D eigenvalue weighted by atomic mass is 9.80. The van der Waals surface area contributed by atoms with Crippen LogP contribution in [0.25, 0.3) is 16.7 Å². The predicted octanol–water partition coefficient (Wildman–Crippen LogP) is 4.85. The zero-order valence-corrected chi connectivity index (χ0v) is 17.8. The summed E-state index contributed by atoms with van der Waals surface area (Å²) in [7, 11) is 0.